The molecule has 0 spiro atoms. The van der Waals surface area contributed by atoms with Crippen LogP contribution in [0.5, 0.6) is 0 Å². The number of anilines is 1. The molecule has 0 aromatic heterocycles. The van der Waals surface area contributed by atoms with Crippen LogP contribution in [0, 0.1) is 0 Å². The standard InChI is InChI=1S/C17H24N2O3/c1-3-4-5-15(17(21)22)18-10-16(20)12-6-7-14-13(9-12)8-11(2)19-14/h6-7,9,11,15,18-19H,3-5,8,10H2,1-2H3,(H,21,22). The Balaban J connectivity index is 1.95. The minimum atomic E-state index is -0.895. The van der Waals surface area contributed by atoms with Gasteiger partial charge in [0.1, 0.15) is 6.04 Å². The van der Waals surface area contributed by atoms with Crippen molar-refractivity contribution in [2.45, 2.75) is 51.6 Å². The van der Waals surface area contributed by atoms with Crippen LogP contribution < -0.4 is 10.6 Å². The number of hydrogen-bond acceptors (Lipinski definition) is 4. The first-order valence-corrected chi connectivity index (χ1v) is 7.90. The van der Waals surface area contributed by atoms with Gasteiger partial charge in [-0.2, -0.15) is 0 Å². The number of carboxylic acids is 1. The molecule has 120 valence electrons. The van der Waals surface area contributed by atoms with Gasteiger partial charge in [0.15, 0.2) is 5.78 Å². The van der Waals surface area contributed by atoms with E-state index in [1.165, 1.54) is 0 Å². The highest BCUT2D eigenvalue weighted by atomic mass is 16.4. The molecule has 0 saturated heterocycles. The van der Waals surface area contributed by atoms with Gasteiger partial charge >= 0.3 is 5.97 Å². The number of ketones is 1. The van der Waals surface area contributed by atoms with E-state index in [0.717, 1.165) is 30.5 Å². The van der Waals surface area contributed by atoms with Crippen molar-refractivity contribution in [1.29, 1.82) is 0 Å². The molecule has 3 N–H and O–H groups in total. The molecule has 2 unspecified atom stereocenters. The van der Waals surface area contributed by atoms with E-state index in [2.05, 4.69) is 17.6 Å². The zero-order valence-electron chi connectivity index (χ0n) is 13.2. The molecule has 2 rings (SSSR count). The second-order valence-corrected chi connectivity index (χ2v) is 5.96. The molecule has 1 aromatic carbocycles. The monoisotopic (exact) mass is 304 g/mol. The van der Waals surface area contributed by atoms with Crippen molar-refractivity contribution < 1.29 is 14.7 Å². The SMILES string of the molecule is CCCCC(NCC(=O)c1ccc2c(c1)CC(C)N2)C(=O)O. The lowest BCUT2D eigenvalue weighted by Crippen LogP contribution is -2.39. The van der Waals surface area contributed by atoms with Gasteiger partial charge in [-0.25, -0.2) is 0 Å². The highest BCUT2D eigenvalue weighted by Gasteiger charge is 2.20. The largest absolute Gasteiger partial charge is 0.480 e. The molecular formula is C17H24N2O3. The van der Waals surface area contributed by atoms with Crippen molar-refractivity contribution in [3.05, 3.63) is 29.3 Å². The Morgan fingerprint density at radius 1 is 1.45 bits per heavy atom. The molecule has 5 heteroatoms. The second kappa shape index (κ2) is 7.40. The Labute approximate surface area is 131 Å². The van der Waals surface area contributed by atoms with Gasteiger partial charge < -0.3 is 10.4 Å². The molecule has 0 bridgehead atoms. The Morgan fingerprint density at radius 2 is 2.23 bits per heavy atom. The molecule has 1 aromatic rings. The number of carboxylic acid groups (broad SMARTS) is 1. The van der Waals surface area contributed by atoms with Crippen LogP contribution in [0.4, 0.5) is 5.69 Å². The van der Waals surface area contributed by atoms with Crippen LogP contribution in [-0.2, 0) is 11.2 Å². The minimum absolute atomic E-state index is 0.0580. The maximum absolute atomic E-state index is 12.3. The predicted octanol–water partition coefficient (Wildman–Crippen LogP) is 2.46. The average Bonchev–Trinajstić information content (AvgIpc) is 2.85. The first-order chi connectivity index (χ1) is 10.5. The number of carbonyl (C=O) groups excluding carboxylic acids is 1. The lowest BCUT2D eigenvalue weighted by molar-refractivity contribution is -0.139. The van der Waals surface area contributed by atoms with E-state index in [1.54, 1.807) is 6.07 Å². The Bertz CT molecular complexity index is 557. The van der Waals surface area contributed by atoms with Crippen LogP contribution in [0.25, 0.3) is 0 Å². The van der Waals surface area contributed by atoms with Crippen molar-refractivity contribution in [3.8, 4) is 0 Å². The predicted molar refractivity (Wildman–Crippen MR) is 86.5 cm³/mol. The van der Waals surface area contributed by atoms with Crippen LogP contribution in [0.2, 0.25) is 0 Å². The van der Waals surface area contributed by atoms with Gasteiger partial charge in [0, 0.05) is 17.3 Å². The third-order valence-corrected chi connectivity index (χ3v) is 4.01. The molecule has 22 heavy (non-hydrogen) atoms. The van der Waals surface area contributed by atoms with Crippen LogP contribution in [0.15, 0.2) is 18.2 Å². The van der Waals surface area contributed by atoms with Gasteiger partial charge in [-0.3, -0.25) is 14.9 Å². The molecule has 0 aliphatic carbocycles. The molecule has 5 nitrogen and oxygen atoms in total. The summed E-state index contributed by atoms with van der Waals surface area (Å²) in [5.74, 6) is -0.960. The zero-order valence-corrected chi connectivity index (χ0v) is 13.2. The summed E-state index contributed by atoms with van der Waals surface area (Å²) in [5.41, 5.74) is 2.88. The number of fused-ring (bicyclic) bond motifs is 1. The maximum Gasteiger partial charge on any atom is 0.320 e. The van der Waals surface area contributed by atoms with Gasteiger partial charge in [0.05, 0.1) is 6.54 Å². The van der Waals surface area contributed by atoms with Crippen molar-refractivity contribution >= 4 is 17.4 Å². The first kappa shape index (κ1) is 16.5. The molecular weight excluding hydrogens is 280 g/mol. The molecule has 1 heterocycles. The van der Waals surface area contributed by atoms with Gasteiger partial charge in [-0.1, -0.05) is 19.8 Å². The smallest absolute Gasteiger partial charge is 0.320 e. The van der Waals surface area contributed by atoms with Gasteiger partial charge in [-0.05, 0) is 43.5 Å². The number of Topliss-reactive ketones (excluding diaryl/α,β-unsaturated/α-hetero) is 1. The highest BCUT2D eigenvalue weighted by Crippen LogP contribution is 2.26. The molecule has 1 aliphatic heterocycles. The number of rotatable bonds is 8. The Kier molecular flexibility index (Phi) is 5.55. The zero-order chi connectivity index (χ0) is 16.1. The summed E-state index contributed by atoms with van der Waals surface area (Å²) in [6.07, 6.45) is 3.23. The van der Waals surface area contributed by atoms with E-state index in [-0.39, 0.29) is 12.3 Å². The third-order valence-electron chi connectivity index (χ3n) is 4.01. The summed E-state index contributed by atoms with van der Waals surface area (Å²) in [7, 11) is 0. The van der Waals surface area contributed by atoms with E-state index in [4.69, 9.17) is 5.11 Å². The lowest BCUT2D eigenvalue weighted by Gasteiger charge is -2.13. The fourth-order valence-electron chi connectivity index (χ4n) is 2.76. The van der Waals surface area contributed by atoms with E-state index in [1.807, 2.05) is 19.1 Å². The summed E-state index contributed by atoms with van der Waals surface area (Å²) >= 11 is 0. The van der Waals surface area contributed by atoms with Gasteiger partial charge in [-0.15, -0.1) is 0 Å². The molecule has 0 amide bonds. The molecule has 1 aliphatic rings. The second-order valence-electron chi connectivity index (χ2n) is 5.96. The number of unbranched alkanes of at least 4 members (excludes halogenated alkanes) is 1. The maximum atomic E-state index is 12.3. The number of benzene rings is 1. The molecule has 0 radical (unpaired) electrons. The molecule has 2 atom stereocenters. The number of nitrogens with one attached hydrogen (secondary N) is 2. The van der Waals surface area contributed by atoms with Crippen LogP contribution in [0.1, 0.15) is 49.0 Å². The Morgan fingerprint density at radius 3 is 2.91 bits per heavy atom. The minimum Gasteiger partial charge on any atom is -0.480 e. The van der Waals surface area contributed by atoms with E-state index in [9.17, 15) is 9.59 Å². The number of carbonyl (C=O) groups is 2. The van der Waals surface area contributed by atoms with E-state index < -0.39 is 12.0 Å². The van der Waals surface area contributed by atoms with Crippen LogP contribution >= 0.6 is 0 Å². The van der Waals surface area contributed by atoms with Crippen molar-refractivity contribution in [3.63, 3.8) is 0 Å². The summed E-state index contributed by atoms with van der Waals surface area (Å²) in [6.45, 7) is 4.18. The Hall–Kier alpha value is -1.88. The van der Waals surface area contributed by atoms with Gasteiger partial charge in [0.2, 0.25) is 0 Å². The van der Waals surface area contributed by atoms with E-state index in [0.29, 0.717) is 18.0 Å². The summed E-state index contributed by atoms with van der Waals surface area (Å²) in [5, 5.41) is 15.4. The topological polar surface area (TPSA) is 78.4 Å². The fraction of sp³-hybridized carbons (Fsp3) is 0.529. The lowest BCUT2D eigenvalue weighted by atomic mass is 10.0. The summed E-state index contributed by atoms with van der Waals surface area (Å²) in [4.78, 5) is 23.4. The molecule has 0 saturated carbocycles. The average molecular weight is 304 g/mol. The van der Waals surface area contributed by atoms with Crippen molar-refractivity contribution in [2.24, 2.45) is 0 Å². The summed E-state index contributed by atoms with van der Waals surface area (Å²) in [6, 6.07) is 5.38. The summed E-state index contributed by atoms with van der Waals surface area (Å²) < 4.78 is 0. The van der Waals surface area contributed by atoms with Crippen molar-refractivity contribution in [2.75, 3.05) is 11.9 Å². The van der Waals surface area contributed by atoms with Crippen LogP contribution in [-0.4, -0.2) is 35.5 Å². The van der Waals surface area contributed by atoms with Gasteiger partial charge in [0.25, 0.3) is 0 Å². The number of aliphatic carboxylic acids is 1. The quantitative estimate of drug-likeness (QED) is 0.643. The molecule has 0 fully saturated rings. The number of hydrogen-bond donors (Lipinski definition) is 3. The highest BCUT2D eigenvalue weighted by molar-refractivity contribution is 5.98. The fourth-order valence-corrected chi connectivity index (χ4v) is 2.76. The first-order valence-electron chi connectivity index (χ1n) is 7.90. The van der Waals surface area contributed by atoms with E-state index >= 15 is 0 Å². The van der Waals surface area contributed by atoms with Crippen molar-refractivity contribution in [1.82, 2.24) is 5.32 Å². The third kappa shape index (κ3) is 4.07. The normalized spacial score (nSPS) is 17.6. The van der Waals surface area contributed by atoms with Crippen LogP contribution in [0.3, 0.4) is 0 Å².